The summed E-state index contributed by atoms with van der Waals surface area (Å²) in [6.07, 6.45) is -2.54. The summed E-state index contributed by atoms with van der Waals surface area (Å²) >= 11 is 5.80. The molecule has 80 valence electrons. The molecule has 0 bridgehead atoms. The van der Waals surface area contributed by atoms with E-state index in [0.29, 0.717) is 5.56 Å². The van der Waals surface area contributed by atoms with Gasteiger partial charge in [0.05, 0.1) is 18.2 Å². The maximum atomic E-state index is 9.56. The standard InChI is InChI=1S/C10H10ClNO3/c11-8-3-6(4-12)1-2-7(8)10(15)9(14)5-13/h1-3,9-10,13-15H,5H2. The van der Waals surface area contributed by atoms with Gasteiger partial charge in [0.1, 0.15) is 12.2 Å². The zero-order chi connectivity index (χ0) is 11.4. The molecular weight excluding hydrogens is 218 g/mol. The number of benzene rings is 1. The lowest BCUT2D eigenvalue weighted by Gasteiger charge is -2.17. The van der Waals surface area contributed by atoms with Crippen molar-refractivity contribution >= 4 is 11.6 Å². The van der Waals surface area contributed by atoms with Crippen LogP contribution < -0.4 is 0 Å². The minimum Gasteiger partial charge on any atom is -0.394 e. The first-order valence-electron chi connectivity index (χ1n) is 4.26. The first kappa shape index (κ1) is 12.0. The Labute approximate surface area is 92.0 Å². The van der Waals surface area contributed by atoms with Crippen LogP contribution in [0.15, 0.2) is 18.2 Å². The van der Waals surface area contributed by atoms with Crippen molar-refractivity contribution in [3.8, 4) is 6.07 Å². The van der Waals surface area contributed by atoms with Crippen LogP contribution in [-0.2, 0) is 0 Å². The summed E-state index contributed by atoms with van der Waals surface area (Å²) in [7, 11) is 0. The molecule has 0 fully saturated rings. The van der Waals surface area contributed by atoms with Gasteiger partial charge < -0.3 is 15.3 Å². The molecular formula is C10H10ClNO3. The topological polar surface area (TPSA) is 84.5 Å². The summed E-state index contributed by atoms with van der Waals surface area (Å²) in [5, 5.41) is 36.2. The van der Waals surface area contributed by atoms with Gasteiger partial charge in [-0.15, -0.1) is 0 Å². The summed E-state index contributed by atoms with van der Waals surface area (Å²) in [6.45, 7) is -0.558. The second-order valence-corrected chi connectivity index (χ2v) is 3.45. The third kappa shape index (κ3) is 2.67. The smallest absolute Gasteiger partial charge is 0.109 e. The van der Waals surface area contributed by atoms with Gasteiger partial charge in [-0.2, -0.15) is 5.26 Å². The van der Waals surface area contributed by atoms with Crippen molar-refractivity contribution in [2.75, 3.05) is 6.61 Å². The van der Waals surface area contributed by atoms with E-state index in [1.807, 2.05) is 6.07 Å². The molecule has 0 saturated carbocycles. The monoisotopic (exact) mass is 227 g/mol. The molecule has 0 amide bonds. The van der Waals surface area contributed by atoms with Gasteiger partial charge >= 0.3 is 0 Å². The van der Waals surface area contributed by atoms with Crippen LogP contribution in [0.3, 0.4) is 0 Å². The molecule has 0 aromatic heterocycles. The van der Waals surface area contributed by atoms with Crippen LogP contribution in [0.25, 0.3) is 0 Å². The Morgan fingerprint density at radius 2 is 2.07 bits per heavy atom. The molecule has 1 aromatic carbocycles. The Hall–Kier alpha value is -1.12. The van der Waals surface area contributed by atoms with E-state index in [1.54, 1.807) is 0 Å². The third-order valence-electron chi connectivity index (χ3n) is 2.00. The highest BCUT2D eigenvalue weighted by molar-refractivity contribution is 6.31. The van der Waals surface area contributed by atoms with Gasteiger partial charge in [-0.25, -0.2) is 0 Å². The molecule has 0 aliphatic rings. The minimum absolute atomic E-state index is 0.189. The zero-order valence-corrected chi connectivity index (χ0v) is 8.52. The Kier molecular flexibility index (Phi) is 4.06. The average molecular weight is 228 g/mol. The van der Waals surface area contributed by atoms with Crippen molar-refractivity contribution in [1.29, 1.82) is 5.26 Å². The van der Waals surface area contributed by atoms with Crippen molar-refractivity contribution in [2.24, 2.45) is 0 Å². The number of rotatable bonds is 3. The summed E-state index contributed by atoms with van der Waals surface area (Å²) in [5.74, 6) is 0. The summed E-state index contributed by atoms with van der Waals surface area (Å²) in [5.41, 5.74) is 0.659. The predicted molar refractivity (Wildman–Crippen MR) is 54.2 cm³/mol. The van der Waals surface area contributed by atoms with E-state index in [2.05, 4.69) is 0 Å². The molecule has 5 heteroatoms. The average Bonchev–Trinajstić information content (AvgIpc) is 2.26. The van der Waals surface area contributed by atoms with Crippen LogP contribution in [0.1, 0.15) is 17.2 Å². The van der Waals surface area contributed by atoms with E-state index >= 15 is 0 Å². The minimum atomic E-state index is -1.28. The van der Waals surface area contributed by atoms with E-state index in [4.69, 9.17) is 22.0 Å². The van der Waals surface area contributed by atoms with E-state index in [-0.39, 0.29) is 10.6 Å². The van der Waals surface area contributed by atoms with Gasteiger partial charge in [0.15, 0.2) is 0 Å². The molecule has 0 heterocycles. The van der Waals surface area contributed by atoms with Crippen LogP contribution in [0.5, 0.6) is 0 Å². The van der Waals surface area contributed by atoms with E-state index in [0.717, 1.165) is 0 Å². The summed E-state index contributed by atoms with van der Waals surface area (Å²) in [6, 6.07) is 6.22. The number of hydrogen-bond acceptors (Lipinski definition) is 4. The molecule has 2 atom stereocenters. The molecule has 0 radical (unpaired) electrons. The van der Waals surface area contributed by atoms with E-state index in [1.165, 1.54) is 18.2 Å². The normalized spacial score (nSPS) is 14.3. The third-order valence-corrected chi connectivity index (χ3v) is 2.33. The molecule has 0 saturated heterocycles. The Morgan fingerprint density at radius 1 is 1.40 bits per heavy atom. The number of nitriles is 1. The van der Waals surface area contributed by atoms with Crippen molar-refractivity contribution in [3.05, 3.63) is 34.3 Å². The van der Waals surface area contributed by atoms with Crippen LogP contribution in [-0.4, -0.2) is 28.0 Å². The van der Waals surface area contributed by atoms with Crippen LogP contribution >= 0.6 is 11.6 Å². The Morgan fingerprint density at radius 3 is 2.53 bits per heavy atom. The molecule has 0 spiro atoms. The van der Waals surface area contributed by atoms with Gasteiger partial charge in [-0.05, 0) is 12.1 Å². The molecule has 1 rings (SSSR count). The van der Waals surface area contributed by atoms with E-state index in [9.17, 15) is 10.2 Å². The molecule has 2 unspecified atom stereocenters. The maximum absolute atomic E-state index is 9.56. The van der Waals surface area contributed by atoms with Gasteiger partial charge in [-0.1, -0.05) is 17.7 Å². The molecule has 0 aliphatic carbocycles. The lowest BCUT2D eigenvalue weighted by molar-refractivity contribution is -0.0152. The van der Waals surface area contributed by atoms with Crippen molar-refractivity contribution in [2.45, 2.75) is 12.2 Å². The van der Waals surface area contributed by atoms with Gasteiger partial charge in [-0.3, -0.25) is 0 Å². The van der Waals surface area contributed by atoms with Crippen LogP contribution in [0.2, 0.25) is 5.02 Å². The SMILES string of the molecule is N#Cc1ccc(C(O)C(O)CO)c(Cl)c1. The maximum Gasteiger partial charge on any atom is 0.109 e. The number of nitrogens with zero attached hydrogens (tertiary/aromatic N) is 1. The molecule has 0 aliphatic heterocycles. The van der Waals surface area contributed by atoms with Crippen LogP contribution in [0, 0.1) is 11.3 Å². The van der Waals surface area contributed by atoms with Gasteiger partial charge in [0.25, 0.3) is 0 Å². The molecule has 15 heavy (non-hydrogen) atoms. The van der Waals surface area contributed by atoms with Crippen molar-refractivity contribution in [3.63, 3.8) is 0 Å². The highest BCUT2D eigenvalue weighted by Crippen LogP contribution is 2.26. The fraction of sp³-hybridized carbons (Fsp3) is 0.300. The summed E-state index contributed by atoms with van der Waals surface area (Å²) in [4.78, 5) is 0. The largest absolute Gasteiger partial charge is 0.394 e. The first-order chi connectivity index (χ1) is 7.10. The lowest BCUT2D eigenvalue weighted by Crippen LogP contribution is -2.22. The number of aliphatic hydroxyl groups excluding tert-OH is 3. The number of halogens is 1. The first-order valence-corrected chi connectivity index (χ1v) is 4.64. The second kappa shape index (κ2) is 5.10. The second-order valence-electron chi connectivity index (χ2n) is 3.04. The quantitative estimate of drug-likeness (QED) is 0.706. The van der Waals surface area contributed by atoms with Crippen molar-refractivity contribution in [1.82, 2.24) is 0 Å². The molecule has 1 aromatic rings. The zero-order valence-electron chi connectivity index (χ0n) is 7.76. The Bertz CT molecular complexity index is 389. The van der Waals surface area contributed by atoms with Gasteiger partial charge in [0, 0.05) is 10.6 Å². The predicted octanol–water partition coefficient (Wildman–Crippen LogP) is 0.598. The van der Waals surface area contributed by atoms with E-state index < -0.39 is 18.8 Å². The van der Waals surface area contributed by atoms with Gasteiger partial charge in [0.2, 0.25) is 0 Å². The number of aliphatic hydroxyl groups is 3. The highest BCUT2D eigenvalue weighted by atomic mass is 35.5. The summed E-state index contributed by atoms with van der Waals surface area (Å²) < 4.78 is 0. The number of hydrogen-bond donors (Lipinski definition) is 3. The highest BCUT2D eigenvalue weighted by Gasteiger charge is 2.19. The van der Waals surface area contributed by atoms with Crippen molar-refractivity contribution < 1.29 is 15.3 Å². The fourth-order valence-electron chi connectivity index (χ4n) is 1.14. The molecule has 3 N–H and O–H groups in total. The van der Waals surface area contributed by atoms with Crippen LogP contribution in [0.4, 0.5) is 0 Å². The lowest BCUT2D eigenvalue weighted by atomic mass is 10.0. The fourth-order valence-corrected chi connectivity index (χ4v) is 1.44. The Balaban J connectivity index is 3.01. The molecule has 4 nitrogen and oxygen atoms in total.